The van der Waals surface area contributed by atoms with Crippen LogP contribution in [0.4, 0.5) is 0 Å². The van der Waals surface area contributed by atoms with Gasteiger partial charge in [-0.15, -0.1) is 0 Å². The van der Waals surface area contributed by atoms with Gasteiger partial charge in [0, 0.05) is 52.0 Å². The van der Waals surface area contributed by atoms with Gasteiger partial charge in [0.1, 0.15) is 47.2 Å². The number of hydrogen-bond acceptors (Lipinski definition) is 8. The molecule has 0 amide bonds. The molecule has 0 spiro atoms. The predicted octanol–water partition coefficient (Wildman–Crippen LogP) is 13.5. The lowest BCUT2D eigenvalue weighted by atomic mass is 9.76. The predicted molar refractivity (Wildman–Crippen MR) is 264 cm³/mol. The largest absolute Gasteiger partial charge is 0.508 e. The zero-order valence-electron chi connectivity index (χ0n) is 39.3. The zero-order valence-corrected chi connectivity index (χ0v) is 39.3. The number of aromatic hydroxyl groups is 2. The first-order valence-electron chi connectivity index (χ1n) is 22.6. The third-order valence-corrected chi connectivity index (χ3v) is 12.3. The summed E-state index contributed by atoms with van der Waals surface area (Å²) in [6, 6.07) is 48.7. The monoisotopic (exact) mass is 876 g/mol. The maximum atomic E-state index is 10.3. The molecule has 0 atom stereocenters. The smallest absolute Gasteiger partial charge is 0.127 e. The molecule has 6 aromatic carbocycles. The Bertz CT molecular complexity index is 2850. The third-order valence-electron chi connectivity index (χ3n) is 12.3. The molecule has 0 saturated carbocycles. The maximum absolute atomic E-state index is 10.3. The second-order valence-electron chi connectivity index (χ2n) is 17.8. The number of phenolic OH excluding ortho intramolecular Hbond substituents is 2. The van der Waals surface area contributed by atoms with Crippen LogP contribution in [0.15, 0.2) is 158 Å². The van der Waals surface area contributed by atoms with Gasteiger partial charge in [0.2, 0.25) is 0 Å². The van der Waals surface area contributed by atoms with Crippen molar-refractivity contribution < 1.29 is 19.7 Å². The average Bonchev–Trinajstić information content (AvgIpc) is 3.31. The number of rotatable bonds is 14. The molecule has 0 saturated heterocycles. The van der Waals surface area contributed by atoms with E-state index in [2.05, 4.69) is 109 Å². The van der Waals surface area contributed by atoms with E-state index in [4.69, 9.17) is 9.47 Å². The quantitative estimate of drug-likeness (QED) is 0.111. The van der Waals surface area contributed by atoms with Crippen LogP contribution in [0.1, 0.15) is 109 Å². The topological polar surface area (TPSA) is 110 Å². The summed E-state index contributed by atoms with van der Waals surface area (Å²) in [4.78, 5) is 17.0. The first-order valence-corrected chi connectivity index (χ1v) is 22.6. The third kappa shape index (κ3) is 11.7. The lowest BCUT2D eigenvalue weighted by Gasteiger charge is -2.27. The molecule has 336 valence electrons. The molecule has 2 heterocycles. The van der Waals surface area contributed by atoms with E-state index in [1.54, 1.807) is 24.8 Å². The molecule has 0 aliphatic heterocycles. The first-order chi connectivity index (χ1) is 31.7. The van der Waals surface area contributed by atoms with Crippen molar-refractivity contribution in [2.75, 3.05) is 0 Å². The molecule has 2 aromatic heterocycles. The highest BCUT2D eigenvalue weighted by molar-refractivity contribution is 5.48. The van der Waals surface area contributed by atoms with Crippen molar-refractivity contribution in [3.63, 3.8) is 0 Å². The molecule has 8 nitrogen and oxygen atoms in total. The van der Waals surface area contributed by atoms with E-state index in [0.717, 1.165) is 87.3 Å². The molecular formula is C58H60N4O4. The fourth-order valence-electron chi connectivity index (χ4n) is 7.94. The van der Waals surface area contributed by atoms with E-state index < -0.39 is 0 Å². The second-order valence-corrected chi connectivity index (χ2v) is 17.8. The number of phenols is 2. The molecule has 0 radical (unpaired) electrons. The molecule has 0 fully saturated rings. The summed E-state index contributed by atoms with van der Waals surface area (Å²) in [5.41, 5.74) is 12.3. The van der Waals surface area contributed by atoms with Crippen LogP contribution in [0, 0.1) is 13.8 Å². The lowest BCUT2D eigenvalue weighted by Crippen LogP contribution is -2.19. The van der Waals surface area contributed by atoms with Gasteiger partial charge in [-0.25, -0.2) is 19.9 Å². The lowest BCUT2D eigenvalue weighted by molar-refractivity contribution is 0.467. The molecule has 8 heteroatoms. The van der Waals surface area contributed by atoms with Crippen molar-refractivity contribution in [3.8, 4) is 34.5 Å². The van der Waals surface area contributed by atoms with E-state index in [0.29, 0.717) is 12.2 Å². The Labute approximate surface area is 390 Å². The van der Waals surface area contributed by atoms with Crippen molar-refractivity contribution in [3.05, 3.63) is 226 Å². The zero-order chi connectivity index (χ0) is 46.8. The van der Waals surface area contributed by atoms with E-state index in [9.17, 15) is 10.2 Å². The number of hydrogen-bond donors (Lipinski definition) is 2. The van der Waals surface area contributed by atoms with Crippen LogP contribution in [0.25, 0.3) is 0 Å². The number of aromatic nitrogens is 4. The molecule has 0 unspecified atom stereocenters. The van der Waals surface area contributed by atoms with Crippen LogP contribution < -0.4 is 9.47 Å². The van der Waals surface area contributed by atoms with Crippen LogP contribution in [0.5, 0.6) is 34.5 Å². The van der Waals surface area contributed by atoms with Crippen LogP contribution >= 0.6 is 0 Å². The Hall–Kier alpha value is -7.32. The summed E-state index contributed by atoms with van der Waals surface area (Å²) in [5.74, 6) is 3.91. The summed E-state index contributed by atoms with van der Waals surface area (Å²) in [6.45, 7) is 16.9. The SMILES string of the molecule is CCc1cc(C(C)(C)c2ccc(O)c(Cc3cc(C)ncn3)c2)ccc1O.CCc1ccc(Oc2ccc(C(C)(C)c3ccc(Oc4ccc(Cc5cc(C)ncn5)cc4)cc3)cc2)cc1. The van der Waals surface area contributed by atoms with Gasteiger partial charge in [-0.05, 0) is 138 Å². The van der Waals surface area contributed by atoms with Crippen molar-refractivity contribution in [2.45, 2.75) is 91.9 Å². The molecule has 0 bridgehead atoms. The molecule has 0 aliphatic carbocycles. The van der Waals surface area contributed by atoms with Crippen LogP contribution in [0.3, 0.4) is 0 Å². The molecule has 0 aliphatic rings. The Kier molecular flexibility index (Phi) is 14.6. The van der Waals surface area contributed by atoms with E-state index >= 15 is 0 Å². The Morgan fingerprint density at radius 1 is 0.409 bits per heavy atom. The van der Waals surface area contributed by atoms with Crippen molar-refractivity contribution >= 4 is 0 Å². The summed E-state index contributed by atoms with van der Waals surface area (Å²) in [6.07, 6.45) is 6.29. The molecule has 2 N–H and O–H groups in total. The Balaban J connectivity index is 0.000000210. The molecule has 66 heavy (non-hydrogen) atoms. The highest BCUT2D eigenvalue weighted by Crippen LogP contribution is 2.37. The average molecular weight is 877 g/mol. The highest BCUT2D eigenvalue weighted by atomic mass is 16.5. The van der Waals surface area contributed by atoms with Gasteiger partial charge in [-0.2, -0.15) is 0 Å². The van der Waals surface area contributed by atoms with E-state index in [1.165, 1.54) is 22.3 Å². The number of aryl methyl sites for hydroxylation is 4. The van der Waals surface area contributed by atoms with Gasteiger partial charge < -0.3 is 19.7 Å². The van der Waals surface area contributed by atoms with Gasteiger partial charge in [0.25, 0.3) is 0 Å². The molecular weight excluding hydrogens is 817 g/mol. The van der Waals surface area contributed by atoms with Crippen molar-refractivity contribution in [1.82, 2.24) is 19.9 Å². The number of ether oxygens (including phenoxy) is 2. The Morgan fingerprint density at radius 2 is 0.788 bits per heavy atom. The van der Waals surface area contributed by atoms with Gasteiger partial charge in [-0.3, -0.25) is 0 Å². The standard InChI is InChI=1S/C35H34N2O2.C23H26N2O2/c1-5-26-6-14-31(15-7-26)38-33-18-10-28(11-19-33)35(3,4)29-12-20-34(21-13-29)39-32-16-8-27(9-17-32)23-30-22-25(2)36-24-37-30;1-5-16-11-18(6-8-21(16)26)23(3,4)19-7-9-22(27)17(12-19)13-20-10-15(2)24-14-25-20/h6-22,24H,5,23H2,1-4H3;6-12,14,26-27H,5,13H2,1-4H3. The van der Waals surface area contributed by atoms with E-state index in [1.807, 2.05) is 99.6 Å². The van der Waals surface area contributed by atoms with E-state index in [-0.39, 0.29) is 16.6 Å². The summed E-state index contributed by atoms with van der Waals surface area (Å²) in [7, 11) is 0. The maximum Gasteiger partial charge on any atom is 0.127 e. The fraction of sp³-hybridized carbons (Fsp3) is 0.241. The van der Waals surface area contributed by atoms with Gasteiger partial charge in [0.05, 0.1) is 0 Å². The summed E-state index contributed by atoms with van der Waals surface area (Å²) in [5, 5.41) is 20.3. The van der Waals surface area contributed by atoms with Crippen LogP contribution in [0.2, 0.25) is 0 Å². The molecule has 8 aromatic rings. The van der Waals surface area contributed by atoms with Gasteiger partial charge in [0.15, 0.2) is 0 Å². The fourth-order valence-corrected chi connectivity index (χ4v) is 7.94. The Morgan fingerprint density at radius 3 is 1.23 bits per heavy atom. The normalized spacial score (nSPS) is 11.4. The first kappa shape index (κ1) is 46.7. The minimum absolute atomic E-state index is 0.166. The number of nitrogens with zero attached hydrogens (tertiary/aromatic N) is 4. The minimum atomic E-state index is -0.262. The second kappa shape index (κ2) is 20.7. The summed E-state index contributed by atoms with van der Waals surface area (Å²) < 4.78 is 12.2. The number of benzene rings is 6. The van der Waals surface area contributed by atoms with Gasteiger partial charge >= 0.3 is 0 Å². The minimum Gasteiger partial charge on any atom is -0.508 e. The van der Waals surface area contributed by atoms with Crippen molar-refractivity contribution in [2.24, 2.45) is 0 Å². The van der Waals surface area contributed by atoms with Crippen LogP contribution in [-0.4, -0.2) is 30.1 Å². The van der Waals surface area contributed by atoms with Crippen molar-refractivity contribution in [1.29, 1.82) is 0 Å². The summed E-state index contributed by atoms with van der Waals surface area (Å²) >= 11 is 0. The molecule has 8 rings (SSSR count). The van der Waals surface area contributed by atoms with Crippen LogP contribution in [-0.2, 0) is 36.5 Å². The highest BCUT2D eigenvalue weighted by Gasteiger charge is 2.26. The van der Waals surface area contributed by atoms with Gasteiger partial charge in [-0.1, -0.05) is 114 Å².